The summed E-state index contributed by atoms with van der Waals surface area (Å²) in [4.78, 5) is 39.6. The number of carboxylic acid groups (broad SMARTS) is 1. The molecule has 184 valence electrons. The number of aliphatic carboxylic acids is 1. The molecule has 2 aromatic rings. The number of fused-ring (bicyclic) bond motifs is 3. The van der Waals surface area contributed by atoms with Gasteiger partial charge in [0.1, 0.15) is 12.1 Å². The van der Waals surface area contributed by atoms with E-state index < -0.39 is 35.7 Å². The summed E-state index contributed by atoms with van der Waals surface area (Å²) in [5.74, 6) is -1.76. The summed E-state index contributed by atoms with van der Waals surface area (Å²) in [5, 5.41) is 12.4. The van der Waals surface area contributed by atoms with Crippen molar-refractivity contribution in [3.8, 4) is 11.1 Å². The van der Waals surface area contributed by atoms with Gasteiger partial charge in [-0.15, -0.1) is 0 Å². The van der Waals surface area contributed by atoms with E-state index in [1.54, 1.807) is 6.92 Å². The van der Waals surface area contributed by atoms with Crippen LogP contribution in [0.3, 0.4) is 0 Å². The van der Waals surface area contributed by atoms with Gasteiger partial charge in [0, 0.05) is 25.5 Å². The number of carbonyl (C=O) groups is 3. The molecule has 0 bridgehead atoms. The highest BCUT2D eigenvalue weighted by Crippen LogP contribution is 2.44. The largest absolute Gasteiger partial charge is 0.480 e. The Morgan fingerprint density at radius 2 is 1.74 bits per heavy atom. The van der Waals surface area contributed by atoms with Gasteiger partial charge in [-0.1, -0.05) is 48.5 Å². The fraction of sp³-hybridized carbons (Fsp3) is 0.423. The zero-order valence-corrected chi connectivity index (χ0v) is 19.4. The van der Waals surface area contributed by atoms with Crippen LogP contribution in [-0.4, -0.2) is 78.6 Å². The van der Waals surface area contributed by atoms with Gasteiger partial charge in [-0.3, -0.25) is 4.79 Å². The van der Waals surface area contributed by atoms with Crippen molar-refractivity contribution in [1.82, 2.24) is 10.2 Å². The second-order valence-electron chi connectivity index (χ2n) is 9.19. The predicted molar refractivity (Wildman–Crippen MR) is 125 cm³/mol. The number of alkyl carbamates (subject to hydrolysis) is 1. The summed E-state index contributed by atoms with van der Waals surface area (Å²) in [7, 11) is 0. The van der Waals surface area contributed by atoms with Crippen LogP contribution in [-0.2, 0) is 23.8 Å². The van der Waals surface area contributed by atoms with Crippen LogP contribution in [0.4, 0.5) is 4.79 Å². The van der Waals surface area contributed by atoms with Crippen molar-refractivity contribution >= 4 is 18.0 Å². The zero-order valence-electron chi connectivity index (χ0n) is 19.4. The van der Waals surface area contributed by atoms with Gasteiger partial charge in [0.05, 0.1) is 19.3 Å². The average Bonchev–Trinajstić information content (AvgIpc) is 3.45. The Morgan fingerprint density at radius 3 is 2.34 bits per heavy atom. The first kappa shape index (κ1) is 23.3. The molecular weight excluding hydrogens is 452 g/mol. The summed E-state index contributed by atoms with van der Waals surface area (Å²) in [6.07, 6.45) is -1.17. The highest BCUT2D eigenvalue weighted by atomic mass is 16.6. The molecule has 2 N–H and O–H groups in total. The van der Waals surface area contributed by atoms with Crippen molar-refractivity contribution in [2.45, 2.75) is 36.9 Å². The first-order valence-corrected chi connectivity index (χ1v) is 11.8. The standard InChI is InChI=1S/C26H28N2O7/c1-16-22(23(29)30)28(11-13-34-16)24(31)26(10-12-33-15-26)27-25(32)35-14-21-19-8-4-2-6-17(19)18-7-3-5-9-20(18)21/h2-9,16,21-22H,10-15H2,1H3,(H,27,32)(H,29,30). The molecule has 35 heavy (non-hydrogen) atoms. The van der Waals surface area contributed by atoms with Crippen LogP contribution in [0.2, 0.25) is 0 Å². The summed E-state index contributed by atoms with van der Waals surface area (Å²) in [6, 6.07) is 14.9. The van der Waals surface area contributed by atoms with Gasteiger partial charge in [-0.2, -0.15) is 0 Å². The first-order chi connectivity index (χ1) is 16.9. The van der Waals surface area contributed by atoms with Gasteiger partial charge in [0.15, 0.2) is 6.04 Å². The summed E-state index contributed by atoms with van der Waals surface area (Å²) >= 11 is 0. The molecule has 5 rings (SSSR count). The monoisotopic (exact) mass is 480 g/mol. The Bertz CT molecular complexity index is 1100. The van der Waals surface area contributed by atoms with E-state index in [1.165, 1.54) is 4.90 Å². The van der Waals surface area contributed by atoms with Crippen LogP contribution in [0, 0.1) is 0 Å². The van der Waals surface area contributed by atoms with E-state index >= 15 is 0 Å². The van der Waals surface area contributed by atoms with Gasteiger partial charge in [0.2, 0.25) is 0 Å². The molecule has 2 heterocycles. The lowest BCUT2D eigenvalue weighted by molar-refractivity contribution is -0.168. The van der Waals surface area contributed by atoms with E-state index in [9.17, 15) is 19.5 Å². The van der Waals surface area contributed by atoms with Crippen LogP contribution in [0.15, 0.2) is 48.5 Å². The molecule has 2 aliphatic heterocycles. The van der Waals surface area contributed by atoms with Crippen molar-refractivity contribution in [2.24, 2.45) is 0 Å². The molecular formula is C26H28N2O7. The molecule has 2 saturated heterocycles. The molecule has 0 radical (unpaired) electrons. The van der Waals surface area contributed by atoms with Crippen molar-refractivity contribution in [3.05, 3.63) is 59.7 Å². The van der Waals surface area contributed by atoms with Crippen LogP contribution in [0.5, 0.6) is 0 Å². The van der Waals surface area contributed by atoms with Gasteiger partial charge < -0.3 is 29.5 Å². The maximum Gasteiger partial charge on any atom is 0.408 e. The molecule has 3 aliphatic rings. The number of rotatable bonds is 5. The lowest BCUT2D eigenvalue weighted by Crippen LogP contribution is -2.66. The van der Waals surface area contributed by atoms with Gasteiger partial charge in [0.25, 0.3) is 5.91 Å². The minimum atomic E-state index is -1.38. The van der Waals surface area contributed by atoms with E-state index in [-0.39, 0.29) is 45.3 Å². The molecule has 2 amide bonds. The number of amides is 2. The average molecular weight is 481 g/mol. The lowest BCUT2D eigenvalue weighted by Gasteiger charge is -2.41. The van der Waals surface area contributed by atoms with E-state index in [4.69, 9.17) is 14.2 Å². The van der Waals surface area contributed by atoms with Crippen LogP contribution < -0.4 is 5.32 Å². The third-order valence-electron chi connectivity index (χ3n) is 7.12. The minimum absolute atomic E-state index is 0.0475. The van der Waals surface area contributed by atoms with Crippen molar-refractivity contribution < 1.29 is 33.7 Å². The highest BCUT2D eigenvalue weighted by molar-refractivity contribution is 5.93. The minimum Gasteiger partial charge on any atom is -0.480 e. The van der Waals surface area contributed by atoms with Gasteiger partial charge in [-0.05, 0) is 29.2 Å². The molecule has 0 aromatic heterocycles. The Balaban J connectivity index is 1.31. The predicted octanol–water partition coefficient (Wildman–Crippen LogP) is 2.38. The molecule has 2 fully saturated rings. The van der Waals surface area contributed by atoms with E-state index in [0.717, 1.165) is 22.3 Å². The molecule has 2 aromatic carbocycles. The van der Waals surface area contributed by atoms with Gasteiger partial charge >= 0.3 is 12.1 Å². The Hall–Kier alpha value is -3.43. The molecule has 3 unspecified atom stereocenters. The molecule has 9 nitrogen and oxygen atoms in total. The third-order valence-corrected chi connectivity index (χ3v) is 7.12. The number of ether oxygens (including phenoxy) is 3. The van der Waals surface area contributed by atoms with Crippen LogP contribution in [0.1, 0.15) is 30.4 Å². The second kappa shape index (κ2) is 9.31. The number of hydrogen-bond acceptors (Lipinski definition) is 6. The SMILES string of the molecule is CC1OCCN(C(=O)C2(NC(=O)OCC3c4ccccc4-c4ccccc43)CCOC2)C1C(=O)O. The lowest BCUT2D eigenvalue weighted by atomic mass is 9.94. The Morgan fingerprint density at radius 1 is 1.09 bits per heavy atom. The first-order valence-electron chi connectivity index (χ1n) is 11.8. The summed E-state index contributed by atoms with van der Waals surface area (Å²) in [6.45, 7) is 2.29. The van der Waals surface area contributed by atoms with Crippen molar-refractivity contribution in [3.63, 3.8) is 0 Å². The molecule has 3 atom stereocenters. The maximum atomic E-state index is 13.6. The fourth-order valence-electron chi connectivity index (χ4n) is 5.37. The molecule has 1 aliphatic carbocycles. The third kappa shape index (κ3) is 4.15. The molecule has 0 spiro atoms. The van der Waals surface area contributed by atoms with E-state index in [2.05, 4.69) is 17.4 Å². The second-order valence-corrected chi connectivity index (χ2v) is 9.19. The summed E-state index contributed by atoms with van der Waals surface area (Å²) < 4.78 is 16.6. The Kier molecular flexibility index (Phi) is 6.21. The zero-order chi connectivity index (χ0) is 24.6. The molecule has 0 saturated carbocycles. The smallest absolute Gasteiger partial charge is 0.408 e. The normalized spacial score (nSPS) is 25.6. The quantitative estimate of drug-likeness (QED) is 0.675. The maximum absolute atomic E-state index is 13.6. The number of nitrogens with one attached hydrogen (secondary N) is 1. The van der Waals surface area contributed by atoms with Crippen molar-refractivity contribution in [2.75, 3.05) is 33.0 Å². The number of carbonyl (C=O) groups excluding carboxylic acids is 2. The Labute approximate surface area is 203 Å². The number of nitrogens with zero attached hydrogens (tertiary/aromatic N) is 1. The van der Waals surface area contributed by atoms with E-state index in [1.807, 2.05) is 36.4 Å². The topological polar surface area (TPSA) is 114 Å². The number of morpholine rings is 1. The molecule has 9 heteroatoms. The number of hydrogen-bond donors (Lipinski definition) is 2. The van der Waals surface area contributed by atoms with Crippen molar-refractivity contribution in [1.29, 1.82) is 0 Å². The van der Waals surface area contributed by atoms with Gasteiger partial charge in [-0.25, -0.2) is 9.59 Å². The van der Waals surface area contributed by atoms with Crippen LogP contribution in [0.25, 0.3) is 11.1 Å². The fourth-order valence-corrected chi connectivity index (χ4v) is 5.37. The number of carboxylic acids is 1. The highest BCUT2D eigenvalue weighted by Gasteiger charge is 2.50. The number of benzene rings is 2. The van der Waals surface area contributed by atoms with E-state index in [0.29, 0.717) is 0 Å². The summed E-state index contributed by atoms with van der Waals surface area (Å²) in [5.41, 5.74) is 3.03. The van der Waals surface area contributed by atoms with Crippen LogP contribution >= 0.6 is 0 Å².